The van der Waals surface area contributed by atoms with E-state index in [9.17, 15) is 4.39 Å². The number of aromatic nitrogens is 1. The Hall–Kier alpha value is -1.62. The lowest BCUT2D eigenvalue weighted by Crippen LogP contribution is -2.18. The van der Waals surface area contributed by atoms with Gasteiger partial charge in [0.25, 0.3) is 0 Å². The molecule has 21 heavy (non-hydrogen) atoms. The van der Waals surface area contributed by atoms with Crippen LogP contribution in [-0.4, -0.2) is 18.1 Å². The molecule has 1 aromatic carbocycles. The summed E-state index contributed by atoms with van der Waals surface area (Å²) in [6.07, 6.45) is 2.31. The maximum Gasteiger partial charge on any atom is 0.148 e. The molecule has 0 spiro atoms. The molecule has 0 radical (unpaired) electrons. The van der Waals surface area contributed by atoms with Crippen molar-refractivity contribution in [1.29, 1.82) is 0 Å². The van der Waals surface area contributed by atoms with Crippen molar-refractivity contribution in [2.24, 2.45) is 0 Å². The molecule has 0 bridgehead atoms. The van der Waals surface area contributed by atoms with E-state index in [-0.39, 0.29) is 5.82 Å². The summed E-state index contributed by atoms with van der Waals surface area (Å²) in [6.45, 7) is 6.63. The Balaban J connectivity index is 1.69. The van der Waals surface area contributed by atoms with Crippen LogP contribution in [0.2, 0.25) is 0 Å². The summed E-state index contributed by atoms with van der Waals surface area (Å²) in [4.78, 5) is 7.73. The van der Waals surface area contributed by atoms with Crippen LogP contribution in [-0.2, 0) is 6.54 Å². The van der Waals surface area contributed by atoms with E-state index >= 15 is 0 Å². The summed E-state index contributed by atoms with van der Waals surface area (Å²) in [5.41, 5.74) is 2.60. The zero-order valence-electron chi connectivity index (χ0n) is 12.4. The third-order valence-electron chi connectivity index (χ3n) is 3.85. The topological polar surface area (TPSA) is 28.2 Å². The molecule has 1 fully saturated rings. The number of thiazole rings is 1. The van der Waals surface area contributed by atoms with E-state index in [1.165, 1.54) is 4.88 Å². The highest BCUT2D eigenvalue weighted by Gasteiger charge is 2.16. The zero-order chi connectivity index (χ0) is 14.8. The number of nitrogens with zero attached hydrogens (tertiary/aromatic N) is 2. The molecular formula is C16H20FN3S. The van der Waals surface area contributed by atoms with E-state index in [1.807, 2.05) is 26.0 Å². The van der Waals surface area contributed by atoms with Gasteiger partial charge in [-0.15, -0.1) is 11.3 Å². The van der Waals surface area contributed by atoms with Crippen LogP contribution in [0, 0.1) is 19.7 Å². The Labute approximate surface area is 128 Å². The van der Waals surface area contributed by atoms with Gasteiger partial charge in [-0.2, -0.15) is 0 Å². The second kappa shape index (κ2) is 6.02. The van der Waals surface area contributed by atoms with E-state index in [0.717, 1.165) is 48.0 Å². The number of benzene rings is 1. The van der Waals surface area contributed by atoms with Gasteiger partial charge in [0.15, 0.2) is 0 Å². The van der Waals surface area contributed by atoms with Gasteiger partial charge in [0.2, 0.25) is 0 Å². The molecule has 3 nitrogen and oxygen atoms in total. The van der Waals surface area contributed by atoms with Gasteiger partial charge in [-0.05, 0) is 44.9 Å². The van der Waals surface area contributed by atoms with Crippen LogP contribution in [0.5, 0.6) is 0 Å². The van der Waals surface area contributed by atoms with Crippen LogP contribution in [0.25, 0.3) is 0 Å². The van der Waals surface area contributed by atoms with E-state index in [0.29, 0.717) is 6.54 Å². The van der Waals surface area contributed by atoms with Gasteiger partial charge in [-0.25, -0.2) is 9.37 Å². The fraction of sp³-hybridized carbons (Fsp3) is 0.438. The molecule has 1 aliphatic heterocycles. The van der Waals surface area contributed by atoms with Gasteiger partial charge >= 0.3 is 0 Å². The molecule has 0 aliphatic carbocycles. The van der Waals surface area contributed by atoms with Crippen LogP contribution in [0.4, 0.5) is 15.8 Å². The quantitative estimate of drug-likeness (QED) is 0.921. The number of anilines is 2. The minimum atomic E-state index is -0.140. The number of hydrogen-bond acceptors (Lipinski definition) is 4. The molecule has 1 N–H and O–H groups in total. The van der Waals surface area contributed by atoms with Gasteiger partial charge in [-0.1, -0.05) is 0 Å². The summed E-state index contributed by atoms with van der Waals surface area (Å²) in [7, 11) is 0. The Bertz CT molecular complexity index is 632. The van der Waals surface area contributed by atoms with E-state index in [4.69, 9.17) is 0 Å². The second-order valence-electron chi connectivity index (χ2n) is 5.46. The predicted octanol–water partition coefficient (Wildman–Crippen LogP) is 4.11. The summed E-state index contributed by atoms with van der Waals surface area (Å²) in [6, 6.07) is 5.44. The number of nitrogens with one attached hydrogen (secondary N) is 1. The maximum atomic E-state index is 14.2. The highest BCUT2D eigenvalue weighted by molar-refractivity contribution is 7.11. The molecule has 1 saturated heterocycles. The van der Waals surface area contributed by atoms with Gasteiger partial charge in [0.1, 0.15) is 5.82 Å². The first kappa shape index (κ1) is 14.3. The lowest BCUT2D eigenvalue weighted by atomic mass is 10.2. The van der Waals surface area contributed by atoms with Crippen molar-refractivity contribution in [3.8, 4) is 0 Å². The molecule has 3 rings (SSSR count). The standard InChI is InChI=1S/C16H20FN3S/c1-11-16(21-12(2)19-11)10-18-13-5-6-15(14(17)9-13)20-7-3-4-8-20/h5-6,9,18H,3-4,7-8,10H2,1-2H3. The molecule has 0 saturated carbocycles. The molecule has 5 heteroatoms. The number of halogens is 1. The van der Waals surface area contributed by atoms with E-state index in [1.54, 1.807) is 17.4 Å². The average molecular weight is 305 g/mol. The Morgan fingerprint density at radius 2 is 2.05 bits per heavy atom. The molecular weight excluding hydrogens is 285 g/mol. The fourth-order valence-corrected chi connectivity index (χ4v) is 3.63. The molecule has 2 aromatic rings. The summed E-state index contributed by atoms with van der Waals surface area (Å²) < 4.78 is 14.2. The largest absolute Gasteiger partial charge is 0.380 e. The van der Waals surface area contributed by atoms with Crippen molar-refractivity contribution in [2.45, 2.75) is 33.2 Å². The molecule has 0 atom stereocenters. The Morgan fingerprint density at radius 1 is 1.29 bits per heavy atom. The SMILES string of the molecule is Cc1nc(C)c(CNc2ccc(N3CCCC3)c(F)c2)s1. The lowest BCUT2D eigenvalue weighted by Gasteiger charge is -2.19. The first-order chi connectivity index (χ1) is 10.1. The van der Waals surface area contributed by atoms with E-state index in [2.05, 4.69) is 15.2 Å². The lowest BCUT2D eigenvalue weighted by molar-refractivity contribution is 0.623. The molecule has 2 heterocycles. The molecule has 1 aromatic heterocycles. The smallest absolute Gasteiger partial charge is 0.148 e. The second-order valence-corrected chi connectivity index (χ2v) is 6.74. The van der Waals surface area contributed by atoms with Crippen molar-refractivity contribution >= 4 is 22.7 Å². The van der Waals surface area contributed by atoms with Crippen molar-refractivity contribution < 1.29 is 4.39 Å². The van der Waals surface area contributed by atoms with Crippen molar-refractivity contribution in [3.05, 3.63) is 39.6 Å². The monoisotopic (exact) mass is 305 g/mol. The van der Waals surface area contributed by atoms with Gasteiger partial charge < -0.3 is 10.2 Å². The van der Waals surface area contributed by atoms with Crippen LogP contribution in [0.1, 0.15) is 28.4 Å². The van der Waals surface area contributed by atoms with Gasteiger partial charge in [0.05, 0.1) is 22.9 Å². The molecule has 0 amide bonds. The van der Waals surface area contributed by atoms with Crippen LogP contribution in [0.15, 0.2) is 18.2 Å². The number of rotatable bonds is 4. The predicted molar refractivity (Wildman–Crippen MR) is 86.8 cm³/mol. The average Bonchev–Trinajstić information content (AvgIpc) is 3.06. The minimum Gasteiger partial charge on any atom is -0.380 e. The van der Waals surface area contributed by atoms with Crippen molar-refractivity contribution in [2.75, 3.05) is 23.3 Å². The normalized spacial score (nSPS) is 14.7. The van der Waals surface area contributed by atoms with Gasteiger partial charge in [-0.3, -0.25) is 0 Å². The summed E-state index contributed by atoms with van der Waals surface area (Å²) in [5, 5.41) is 4.35. The highest BCUT2D eigenvalue weighted by Crippen LogP contribution is 2.26. The van der Waals surface area contributed by atoms with Crippen LogP contribution >= 0.6 is 11.3 Å². The highest BCUT2D eigenvalue weighted by atomic mass is 32.1. The van der Waals surface area contributed by atoms with Gasteiger partial charge in [0, 0.05) is 23.7 Å². The summed E-state index contributed by atoms with van der Waals surface area (Å²) >= 11 is 1.69. The first-order valence-electron chi connectivity index (χ1n) is 7.35. The van der Waals surface area contributed by atoms with Crippen LogP contribution < -0.4 is 10.2 Å². The maximum absolute atomic E-state index is 14.2. The van der Waals surface area contributed by atoms with Crippen LogP contribution in [0.3, 0.4) is 0 Å². The Morgan fingerprint density at radius 3 is 2.67 bits per heavy atom. The Kier molecular flexibility index (Phi) is 4.10. The third kappa shape index (κ3) is 3.18. The number of hydrogen-bond donors (Lipinski definition) is 1. The van der Waals surface area contributed by atoms with Crippen molar-refractivity contribution in [3.63, 3.8) is 0 Å². The zero-order valence-corrected chi connectivity index (χ0v) is 13.3. The van der Waals surface area contributed by atoms with E-state index < -0.39 is 0 Å². The fourth-order valence-electron chi connectivity index (χ4n) is 2.75. The summed E-state index contributed by atoms with van der Waals surface area (Å²) in [5.74, 6) is -0.140. The number of aryl methyl sites for hydroxylation is 2. The third-order valence-corrected chi connectivity index (χ3v) is 4.92. The molecule has 0 unspecified atom stereocenters. The first-order valence-corrected chi connectivity index (χ1v) is 8.16. The molecule has 1 aliphatic rings. The minimum absolute atomic E-state index is 0.140. The molecule has 112 valence electrons. The van der Waals surface area contributed by atoms with Crippen molar-refractivity contribution in [1.82, 2.24) is 4.98 Å².